The minimum atomic E-state index is -0.236. The lowest BCUT2D eigenvalue weighted by Gasteiger charge is -2.32. The van der Waals surface area contributed by atoms with E-state index in [1.165, 1.54) is 72.5 Å². The molecule has 0 unspecified atom stereocenters. The van der Waals surface area contributed by atoms with Crippen molar-refractivity contribution in [3.05, 3.63) is 202 Å². The fraction of sp³-hybridized carbons (Fsp3) is 0.356. The van der Waals surface area contributed by atoms with E-state index in [1.54, 1.807) is 0 Å². The summed E-state index contributed by atoms with van der Waals surface area (Å²) in [6, 6.07) is 56.7. The van der Waals surface area contributed by atoms with Crippen molar-refractivity contribution in [2.24, 2.45) is 0 Å². The Hall–Kier alpha value is -7.11. The van der Waals surface area contributed by atoms with E-state index in [-0.39, 0.29) is 27.1 Å². The Labute approximate surface area is 467 Å². The van der Waals surface area contributed by atoms with Gasteiger partial charge in [-0.2, -0.15) is 0 Å². The standard InChI is InChI=1S/C73H84N4O/c1-46(2)57-28-24-29-58(47(3)4)68(57)48-35-53(75-45-76(54-38-51(69(5,6)7)37-52(39-54)70(8,9)10)66-44-62(72(14,15)16)61(43-65(66)75)71(11,12)13)41-56(36-48)78-55-31-32-60-59-27-22-23-30-63(59)77(64(60)42-55)67-40-50(33-34-74-67)73(17,18)49-25-20-19-21-26-49/h19-44,46-47H,45H2,1-18H3. The van der Waals surface area contributed by atoms with Gasteiger partial charge in [0.2, 0.25) is 0 Å². The minimum Gasteiger partial charge on any atom is -0.457 e. The Balaban J connectivity index is 1.19. The summed E-state index contributed by atoms with van der Waals surface area (Å²) in [4.78, 5) is 10.2. The number of aromatic nitrogens is 2. The van der Waals surface area contributed by atoms with Crippen molar-refractivity contribution in [2.75, 3.05) is 16.5 Å². The second-order valence-corrected chi connectivity index (χ2v) is 27.5. The molecule has 0 spiro atoms. The van der Waals surface area contributed by atoms with Crippen molar-refractivity contribution >= 4 is 44.6 Å². The van der Waals surface area contributed by atoms with E-state index in [4.69, 9.17) is 9.72 Å². The smallest absolute Gasteiger partial charge is 0.137 e. The van der Waals surface area contributed by atoms with Crippen LogP contribution in [0.5, 0.6) is 11.5 Å². The van der Waals surface area contributed by atoms with Crippen LogP contribution in [0.25, 0.3) is 38.8 Å². The van der Waals surface area contributed by atoms with Gasteiger partial charge in [0.25, 0.3) is 0 Å². The summed E-state index contributed by atoms with van der Waals surface area (Å²) in [6.07, 6.45) is 1.96. The van der Waals surface area contributed by atoms with Gasteiger partial charge in [-0.25, -0.2) is 4.98 Å². The number of anilines is 4. The van der Waals surface area contributed by atoms with Crippen LogP contribution in [0.2, 0.25) is 0 Å². The normalized spacial score (nSPS) is 13.6. The summed E-state index contributed by atoms with van der Waals surface area (Å²) >= 11 is 0. The third-order valence-electron chi connectivity index (χ3n) is 16.5. The molecule has 5 heteroatoms. The molecule has 0 saturated heterocycles. The second kappa shape index (κ2) is 19.7. The molecule has 9 aromatic rings. The van der Waals surface area contributed by atoms with Crippen molar-refractivity contribution in [3.8, 4) is 28.4 Å². The summed E-state index contributed by atoms with van der Waals surface area (Å²) in [6.45, 7) is 42.7. The third-order valence-corrected chi connectivity index (χ3v) is 16.5. The van der Waals surface area contributed by atoms with E-state index in [1.807, 2.05) is 6.20 Å². The monoisotopic (exact) mass is 1030 g/mol. The van der Waals surface area contributed by atoms with Gasteiger partial charge in [-0.15, -0.1) is 0 Å². The molecule has 1 aliphatic rings. The van der Waals surface area contributed by atoms with Crippen LogP contribution in [0.3, 0.4) is 0 Å². The lowest BCUT2D eigenvalue weighted by molar-refractivity contribution is 0.483. The minimum absolute atomic E-state index is 0.0410. The van der Waals surface area contributed by atoms with Crippen LogP contribution < -0.4 is 14.5 Å². The van der Waals surface area contributed by atoms with Crippen LogP contribution in [0.4, 0.5) is 22.7 Å². The fourth-order valence-corrected chi connectivity index (χ4v) is 11.8. The number of para-hydroxylation sites is 1. The molecule has 0 fully saturated rings. The molecule has 0 bridgehead atoms. The van der Waals surface area contributed by atoms with E-state index >= 15 is 0 Å². The largest absolute Gasteiger partial charge is 0.457 e. The zero-order chi connectivity index (χ0) is 56.0. The second-order valence-electron chi connectivity index (χ2n) is 27.5. The molecule has 78 heavy (non-hydrogen) atoms. The predicted octanol–water partition coefficient (Wildman–Crippen LogP) is 20.6. The molecule has 0 atom stereocenters. The first kappa shape index (κ1) is 54.3. The van der Waals surface area contributed by atoms with Crippen molar-refractivity contribution in [1.29, 1.82) is 0 Å². The number of pyridine rings is 1. The zero-order valence-electron chi connectivity index (χ0n) is 50.1. The molecule has 0 radical (unpaired) electrons. The maximum Gasteiger partial charge on any atom is 0.137 e. The van der Waals surface area contributed by atoms with Gasteiger partial charge in [0.15, 0.2) is 0 Å². The summed E-state index contributed by atoms with van der Waals surface area (Å²) in [5.74, 6) is 3.04. The Morgan fingerprint density at radius 1 is 0.436 bits per heavy atom. The SMILES string of the molecule is CC(C)c1cccc(C(C)C)c1-c1cc(Oc2ccc3c4ccccc4n(-c4cc(C(C)(C)c5ccccc5)ccn4)c3c2)cc(N2CN(c3cc(C(C)(C)C)cc(C(C)(C)C)c3)c3cc(C(C)(C)C)c(C(C)(C)C)cc32)c1. The van der Waals surface area contributed by atoms with Crippen molar-refractivity contribution in [2.45, 2.75) is 164 Å². The van der Waals surface area contributed by atoms with Crippen molar-refractivity contribution < 1.29 is 4.74 Å². The Morgan fingerprint density at radius 2 is 0.987 bits per heavy atom. The zero-order valence-corrected chi connectivity index (χ0v) is 50.1. The molecule has 0 aliphatic carbocycles. The number of nitrogens with zero attached hydrogens (tertiary/aromatic N) is 4. The summed E-state index contributed by atoms with van der Waals surface area (Å²) in [5.41, 5.74) is 19.4. The highest BCUT2D eigenvalue weighted by atomic mass is 16.5. The first-order chi connectivity index (χ1) is 36.6. The number of hydrogen-bond acceptors (Lipinski definition) is 4. The average molecular weight is 1030 g/mol. The first-order valence-corrected chi connectivity index (χ1v) is 28.5. The van der Waals surface area contributed by atoms with Crippen molar-refractivity contribution in [3.63, 3.8) is 0 Å². The van der Waals surface area contributed by atoms with E-state index in [2.05, 4.69) is 291 Å². The molecule has 7 aromatic carbocycles. The molecule has 0 amide bonds. The summed E-state index contributed by atoms with van der Waals surface area (Å²) in [7, 11) is 0. The lowest BCUT2D eigenvalue weighted by Crippen LogP contribution is -2.25. The lowest BCUT2D eigenvalue weighted by atomic mass is 9.74. The molecule has 10 rings (SSSR count). The fourth-order valence-electron chi connectivity index (χ4n) is 11.8. The molecular formula is C73H84N4O. The molecule has 2 aromatic heterocycles. The Morgan fingerprint density at radius 3 is 1.55 bits per heavy atom. The van der Waals surface area contributed by atoms with Crippen LogP contribution in [0, 0.1) is 0 Å². The third kappa shape index (κ3) is 10.1. The van der Waals surface area contributed by atoms with Gasteiger partial charge >= 0.3 is 0 Å². The maximum absolute atomic E-state index is 7.35. The van der Waals surface area contributed by atoms with Crippen LogP contribution in [0.15, 0.2) is 158 Å². The molecule has 402 valence electrons. The average Bonchev–Trinajstić information content (AvgIpc) is 4.14. The van der Waals surface area contributed by atoms with Gasteiger partial charge in [-0.1, -0.05) is 197 Å². The quantitative estimate of drug-likeness (QED) is 0.137. The molecule has 0 N–H and O–H groups in total. The highest BCUT2D eigenvalue weighted by Gasteiger charge is 2.36. The highest BCUT2D eigenvalue weighted by Crippen LogP contribution is 2.52. The van der Waals surface area contributed by atoms with Crippen LogP contribution in [0.1, 0.15) is 181 Å². The Kier molecular flexibility index (Phi) is 13.7. The van der Waals surface area contributed by atoms with Gasteiger partial charge < -0.3 is 14.5 Å². The van der Waals surface area contributed by atoms with Crippen LogP contribution >= 0.6 is 0 Å². The van der Waals surface area contributed by atoms with Gasteiger partial charge in [0.05, 0.1) is 22.4 Å². The number of ether oxygens (including phenoxy) is 1. The van der Waals surface area contributed by atoms with Crippen LogP contribution in [-0.2, 0) is 27.1 Å². The topological polar surface area (TPSA) is 33.5 Å². The van der Waals surface area contributed by atoms with E-state index in [9.17, 15) is 0 Å². The summed E-state index contributed by atoms with van der Waals surface area (Å²) < 4.78 is 9.66. The number of benzene rings is 7. The van der Waals surface area contributed by atoms with Gasteiger partial charge in [0, 0.05) is 45.9 Å². The molecule has 3 heterocycles. The summed E-state index contributed by atoms with van der Waals surface area (Å²) in [5, 5.41) is 2.33. The first-order valence-electron chi connectivity index (χ1n) is 28.5. The Bertz CT molecular complexity index is 3650. The van der Waals surface area contributed by atoms with Crippen molar-refractivity contribution in [1.82, 2.24) is 9.55 Å². The molecule has 1 aliphatic heterocycles. The molecule has 0 saturated carbocycles. The van der Waals surface area contributed by atoms with E-state index in [0.29, 0.717) is 18.5 Å². The van der Waals surface area contributed by atoms with E-state index < -0.39 is 0 Å². The molecular weight excluding hydrogens is 949 g/mol. The maximum atomic E-state index is 7.35. The van der Waals surface area contributed by atoms with Gasteiger partial charge in [0.1, 0.15) is 24.0 Å². The highest BCUT2D eigenvalue weighted by molar-refractivity contribution is 6.09. The molecule has 5 nitrogen and oxygen atoms in total. The number of rotatable bonds is 10. The van der Waals surface area contributed by atoms with Crippen LogP contribution in [-0.4, -0.2) is 16.2 Å². The van der Waals surface area contributed by atoms with Gasteiger partial charge in [-0.3, -0.25) is 4.57 Å². The number of fused-ring (bicyclic) bond motifs is 4. The van der Waals surface area contributed by atoms with Gasteiger partial charge in [-0.05, 0) is 156 Å². The number of hydrogen-bond donors (Lipinski definition) is 0. The van der Waals surface area contributed by atoms with E-state index in [0.717, 1.165) is 45.0 Å². The predicted molar refractivity (Wildman–Crippen MR) is 334 cm³/mol.